The molecule has 1 aliphatic rings. The van der Waals surface area contributed by atoms with E-state index in [1.165, 1.54) is 19.3 Å². The maximum absolute atomic E-state index is 12.6. The van der Waals surface area contributed by atoms with Crippen molar-refractivity contribution in [2.45, 2.75) is 51.1 Å². The Morgan fingerprint density at radius 1 is 1.20 bits per heavy atom. The molecule has 2 N–H and O–H groups in total. The summed E-state index contributed by atoms with van der Waals surface area (Å²) in [6, 6.07) is 7.95. The van der Waals surface area contributed by atoms with Crippen LogP contribution < -0.4 is 5.32 Å². The molecule has 0 unspecified atom stereocenters. The Balaban J connectivity index is 1.78. The quantitative estimate of drug-likeness (QED) is 0.874. The van der Waals surface area contributed by atoms with Crippen LogP contribution in [0.15, 0.2) is 36.5 Å². The van der Waals surface area contributed by atoms with E-state index < -0.39 is 17.9 Å². The second kappa shape index (κ2) is 7.51. The molecule has 132 valence electrons. The lowest BCUT2D eigenvalue weighted by Gasteiger charge is -2.23. The second-order valence-electron chi connectivity index (χ2n) is 6.54. The van der Waals surface area contributed by atoms with Gasteiger partial charge in [-0.2, -0.15) is 5.10 Å². The topological polar surface area (TPSA) is 84.2 Å². The van der Waals surface area contributed by atoms with Crippen molar-refractivity contribution in [1.82, 2.24) is 15.1 Å². The molecule has 0 spiro atoms. The molecule has 25 heavy (non-hydrogen) atoms. The summed E-state index contributed by atoms with van der Waals surface area (Å²) in [5.41, 5.74) is 1.77. The fourth-order valence-corrected chi connectivity index (χ4v) is 3.48. The third-order valence-corrected chi connectivity index (χ3v) is 4.87. The highest BCUT2D eigenvalue weighted by Gasteiger charge is 2.26. The molecular weight excluding hydrogens is 318 g/mol. The summed E-state index contributed by atoms with van der Waals surface area (Å²) in [5.74, 6) is -1.49. The Hall–Kier alpha value is -2.63. The molecule has 1 atom stereocenters. The molecule has 1 heterocycles. The van der Waals surface area contributed by atoms with Crippen molar-refractivity contribution in [2.75, 3.05) is 0 Å². The molecule has 6 nitrogen and oxygen atoms in total. The van der Waals surface area contributed by atoms with Gasteiger partial charge in [-0.15, -0.1) is 0 Å². The molecule has 1 amide bonds. The second-order valence-corrected chi connectivity index (χ2v) is 6.54. The third kappa shape index (κ3) is 3.73. The number of aromatic nitrogens is 2. The molecule has 1 aromatic carbocycles. The molecular formula is C19H23N3O3. The number of aliphatic carboxylic acids is 1. The molecule has 1 aliphatic carbocycles. The number of benzene rings is 1. The van der Waals surface area contributed by atoms with Crippen LogP contribution in [0, 0.1) is 6.92 Å². The minimum absolute atomic E-state index is 0.333. The summed E-state index contributed by atoms with van der Waals surface area (Å²) >= 11 is 0. The first-order valence-electron chi connectivity index (χ1n) is 8.70. The summed E-state index contributed by atoms with van der Waals surface area (Å²) in [5, 5.41) is 16.5. The summed E-state index contributed by atoms with van der Waals surface area (Å²) in [7, 11) is 0. The number of nitrogens with zero attached hydrogens (tertiary/aromatic N) is 2. The van der Waals surface area contributed by atoms with Crippen molar-refractivity contribution in [3.8, 4) is 0 Å². The predicted octanol–water partition coefficient (Wildman–Crippen LogP) is 3.25. The number of carboxylic acids is 1. The van der Waals surface area contributed by atoms with Crippen molar-refractivity contribution in [2.24, 2.45) is 0 Å². The fraction of sp³-hybridized carbons (Fsp3) is 0.421. The van der Waals surface area contributed by atoms with Crippen LogP contribution >= 0.6 is 0 Å². The first kappa shape index (κ1) is 17.2. The van der Waals surface area contributed by atoms with E-state index in [2.05, 4.69) is 10.4 Å². The molecule has 0 aliphatic heterocycles. The number of carboxylic acid groups (broad SMARTS) is 1. The Labute approximate surface area is 146 Å². The fourth-order valence-electron chi connectivity index (χ4n) is 3.48. The number of carbonyl (C=O) groups excluding carboxylic acids is 1. The summed E-state index contributed by atoms with van der Waals surface area (Å²) in [6.45, 7) is 1.87. The smallest absolute Gasteiger partial charge is 0.330 e. The maximum Gasteiger partial charge on any atom is 0.330 e. The van der Waals surface area contributed by atoms with E-state index in [1.807, 2.05) is 17.7 Å². The zero-order chi connectivity index (χ0) is 17.8. The SMILES string of the molecule is Cc1c(C(=O)N[C@@H](C(=O)O)c2ccccc2)cnn1C1CCCCC1. The lowest BCUT2D eigenvalue weighted by molar-refractivity contribution is -0.139. The van der Waals surface area contributed by atoms with Crippen LogP contribution in [0.2, 0.25) is 0 Å². The van der Waals surface area contributed by atoms with Gasteiger partial charge in [-0.1, -0.05) is 49.6 Å². The Morgan fingerprint density at radius 3 is 2.52 bits per heavy atom. The summed E-state index contributed by atoms with van der Waals surface area (Å²) in [4.78, 5) is 24.2. The van der Waals surface area contributed by atoms with Crippen LogP contribution in [-0.4, -0.2) is 26.8 Å². The maximum atomic E-state index is 12.6. The third-order valence-electron chi connectivity index (χ3n) is 4.87. The van der Waals surface area contributed by atoms with Crippen LogP contribution in [0.25, 0.3) is 0 Å². The van der Waals surface area contributed by atoms with E-state index in [1.54, 1.807) is 30.5 Å². The highest BCUT2D eigenvalue weighted by atomic mass is 16.4. The predicted molar refractivity (Wildman–Crippen MR) is 93.4 cm³/mol. The van der Waals surface area contributed by atoms with Gasteiger partial charge in [-0.25, -0.2) is 4.79 Å². The van der Waals surface area contributed by atoms with Crippen LogP contribution in [0.4, 0.5) is 0 Å². The van der Waals surface area contributed by atoms with Gasteiger partial charge >= 0.3 is 5.97 Å². The minimum Gasteiger partial charge on any atom is -0.479 e. The first-order valence-corrected chi connectivity index (χ1v) is 8.70. The van der Waals surface area contributed by atoms with Crippen LogP contribution in [0.3, 0.4) is 0 Å². The van der Waals surface area contributed by atoms with E-state index in [4.69, 9.17) is 0 Å². The van der Waals surface area contributed by atoms with E-state index in [-0.39, 0.29) is 0 Å². The molecule has 3 rings (SSSR count). The van der Waals surface area contributed by atoms with Gasteiger partial charge in [0, 0.05) is 5.69 Å². The van der Waals surface area contributed by atoms with Crippen molar-refractivity contribution >= 4 is 11.9 Å². The van der Waals surface area contributed by atoms with Gasteiger partial charge < -0.3 is 10.4 Å². The van der Waals surface area contributed by atoms with E-state index in [9.17, 15) is 14.7 Å². The van der Waals surface area contributed by atoms with E-state index >= 15 is 0 Å². The number of amides is 1. The van der Waals surface area contributed by atoms with Crippen molar-refractivity contribution in [3.63, 3.8) is 0 Å². The van der Waals surface area contributed by atoms with Gasteiger partial charge in [0.2, 0.25) is 0 Å². The highest BCUT2D eigenvalue weighted by molar-refractivity contribution is 5.97. The molecule has 1 saturated carbocycles. The normalized spacial score (nSPS) is 16.4. The molecule has 0 bridgehead atoms. The molecule has 1 aromatic heterocycles. The minimum atomic E-state index is -1.09. The number of carbonyl (C=O) groups is 2. The zero-order valence-electron chi connectivity index (χ0n) is 14.3. The standard InChI is InChI=1S/C19H23N3O3/c1-13-16(12-20-22(13)15-10-6-3-7-11-15)18(23)21-17(19(24)25)14-8-4-2-5-9-14/h2,4-5,8-9,12,15,17H,3,6-7,10-11H2,1H3,(H,21,23)(H,24,25)/t17-/m1/s1. The van der Waals surface area contributed by atoms with Crippen molar-refractivity contribution in [1.29, 1.82) is 0 Å². The van der Waals surface area contributed by atoms with Gasteiger partial charge in [0.1, 0.15) is 0 Å². The molecule has 0 saturated heterocycles. The van der Waals surface area contributed by atoms with E-state index in [0.29, 0.717) is 17.2 Å². The zero-order valence-corrected chi connectivity index (χ0v) is 14.3. The molecule has 0 radical (unpaired) electrons. The number of hydrogen-bond donors (Lipinski definition) is 2. The molecule has 1 fully saturated rings. The van der Waals surface area contributed by atoms with Gasteiger partial charge in [-0.3, -0.25) is 9.48 Å². The first-order chi connectivity index (χ1) is 12.1. The Kier molecular flexibility index (Phi) is 5.16. The average molecular weight is 341 g/mol. The molecule has 6 heteroatoms. The summed E-state index contributed by atoms with van der Waals surface area (Å²) in [6.07, 6.45) is 7.31. The number of rotatable bonds is 5. The molecule has 2 aromatic rings. The van der Waals surface area contributed by atoms with Gasteiger partial charge in [0.15, 0.2) is 6.04 Å². The Bertz CT molecular complexity index is 749. The largest absolute Gasteiger partial charge is 0.479 e. The Morgan fingerprint density at radius 2 is 1.88 bits per heavy atom. The van der Waals surface area contributed by atoms with Crippen molar-refractivity contribution in [3.05, 3.63) is 53.3 Å². The monoisotopic (exact) mass is 341 g/mol. The summed E-state index contributed by atoms with van der Waals surface area (Å²) < 4.78 is 1.92. The lowest BCUT2D eigenvalue weighted by Crippen LogP contribution is -2.34. The highest BCUT2D eigenvalue weighted by Crippen LogP contribution is 2.29. The van der Waals surface area contributed by atoms with Crippen LogP contribution in [0.1, 0.15) is 65.8 Å². The average Bonchev–Trinajstić information content (AvgIpc) is 3.02. The van der Waals surface area contributed by atoms with Crippen LogP contribution in [-0.2, 0) is 4.79 Å². The van der Waals surface area contributed by atoms with Gasteiger partial charge in [0.25, 0.3) is 5.91 Å². The van der Waals surface area contributed by atoms with Crippen molar-refractivity contribution < 1.29 is 14.7 Å². The van der Waals surface area contributed by atoms with E-state index in [0.717, 1.165) is 18.5 Å². The van der Waals surface area contributed by atoms with Crippen LogP contribution in [0.5, 0.6) is 0 Å². The van der Waals surface area contributed by atoms with Gasteiger partial charge in [0.05, 0.1) is 17.8 Å². The number of nitrogens with one attached hydrogen (secondary N) is 1. The lowest BCUT2D eigenvalue weighted by atomic mass is 9.95. The number of hydrogen-bond acceptors (Lipinski definition) is 3. The van der Waals surface area contributed by atoms with Gasteiger partial charge in [-0.05, 0) is 25.3 Å².